The number of esters is 1. The van der Waals surface area contributed by atoms with E-state index in [1.54, 1.807) is 0 Å². The van der Waals surface area contributed by atoms with Crippen LogP contribution in [0.3, 0.4) is 0 Å². The van der Waals surface area contributed by atoms with Crippen molar-refractivity contribution >= 4 is 12.1 Å². The summed E-state index contributed by atoms with van der Waals surface area (Å²) in [7, 11) is 1.30. The zero-order valence-corrected chi connectivity index (χ0v) is 12.9. The van der Waals surface area contributed by atoms with Crippen LogP contribution < -0.4 is 0 Å². The van der Waals surface area contributed by atoms with E-state index in [4.69, 9.17) is 14.2 Å². The average molecular weight is 307 g/mol. The number of carbonyl (C=O) groups excluding carboxylic acids is 2. The fraction of sp³-hybridized carbons (Fsp3) is 0.500. The molecule has 2 atom stereocenters. The molecule has 0 radical (unpaired) electrons. The number of amides is 1. The Morgan fingerprint density at radius 2 is 2.05 bits per heavy atom. The van der Waals surface area contributed by atoms with E-state index >= 15 is 0 Å². The van der Waals surface area contributed by atoms with Gasteiger partial charge in [-0.05, 0) is 18.9 Å². The van der Waals surface area contributed by atoms with Crippen LogP contribution in [-0.2, 0) is 25.6 Å². The van der Waals surface area contributed by atoms with E-state index in [0.717, 1.165) is 5.56 Å². The summed E-state index contributed by atoms with van der Waals surface area (Å²) in [6.45, 7) is 2.39. The predicted octanol–water partition coefficient (Wildman–Crippen LogP) is 1.98. The SMILES string of the molecule is COC(=O)N(CC(=O)OCc1ccccc1)[C@@H]1COC(C)C1. The zero-order chi connectivity index (χ0) is 15.9. The molecule has 6 nitrogen and oxygen atoms in total. The topological polar surface area (TPSA) is 65.1 Å². The smallest absolute Gasteiger partial charge is 0.410 e. The Labute approximate surface area is 129 Å². The van der Waals surface area contributed by atoms with E-state index in [2.05, 4.69) is 0 Å². The number of hydrogen-bond donors (Lipinski definition) is 0. The third-order valence-corrected chi connectivity index (χ3v) is 3.57. The minimum atomic E-state index is -0.542. The molecule has 0 spiro atoms. The maximum Gasteiger partial charge on any atom is 0.410 e. The van der Waals surface area contributed by atoms with Gasteiger partial charge in [0.1, 0.15) is 13.2 Å². The van der Waals surface area contributed by atoms with Gasteiger partial charge in [0.2, 0.25) is 0 Å². The van der Waals surface area contributed by atoms with Gasteiger partial charge in [0.15, 0.2) is 0 Å². The van der Waals surface area contributed by atoms with Gasteiger partial charge in [-0.25, -0.2) is 4.79 Å². The molecule has 1 saturated heterocycles. The number of rotatable bonds is 5. The van der Waals surface area contributed by atoms with E-state index in [0.29, 0.717) is 13.0 Å². The lowest BCUT2D eigenvalue weighted by Crippen LogP contribution is -2.44. The Morgan fingerprint density at radius 3 is 2.64 bits per heavy atom. The Balaban J connectivity index is 1.89. The molecule has 1 aliphatic rings. The van der Waals surface area contributed by atoms with Crippen molar-refractivity contribution in [2.24, 2.45) is 0 Å². The summed E-state index contributed by atoms with van der Waals surface area (Å²) in [5.41, 5.74) is 0.901. The van der Waals surface area contributed by atoms with Crippen LogP contribution in [-0.4, -0.2) is 49.4 Å². The van der Waals surface area contributed by atoms with Crippen molar-refractivity contribution in [2.75, 3.05) is 20.3 Å². The summed E-state index contributed by atoms with van der Waals surface area (Å²) >= 11 is 0. The molecule has 6 heteroatoms. The van der Waals surface area contributed by atoms with Crippen molar-refractivity contribution < 1.29 is 23.8 Å². The minimum Gasteiger partial charge on any atom is -0.459 e. The van der Waals surface area contributed by atoms with Crippen LogP contribution in [0.1, 0.15) is 18.9 Å². The van der Waals surface area contributed by atoms with Gasteiger partial charge in [-0.3, -0.25) is 9.69 Å². The van der Waals surface area contributed by atoms with Crippen LogP contribution in [0, 0.1) is 0 Å². The van der Waals surface area contributed by atoms with Crippen molar-refractivity contribution in [2.45, 2.75) is 32.1 Å². The highest BCUT2D eigenvalue weighted by atomic mass is 16.6. The first-order valence-corrected chi connectivity index (χ1v) is 7.26. The van der Waals surface area contributed by atoms with Crippen molar-refractivity contribution in [3.63, 3.8) is 0 Å². The maximum atomic E-state index is 12.0. The van der Waals surface area contributed by atoms with E-state index < -0.39 is 12.1 Å². The van der Waals surface area contributed by atoms with Crippen molar-refractivity contribution in [3.05, 3.63) is 35.9 Å². The second-order valence-corrected chi connectivity index (χ2v) is 5.28. The quantitative estimate of drug-likeness (QED) is 0.778. The molecule has 1 aromatic carbocycles. The summed E-state index contributed by atoms with van der Waals surface area (Å²) in [5, 5.41) is 0. The summed E-state index contributed by atoms with van der Waals surface area (Å²) in [6, 6.07) is 9.23. The highest BCUT2D eigenvalue weighted by Crippen LogP contribution is 2.19. The molecule has 120 valence electrons. The van der Waals surface area contributed by atoms with Gasteiger partial charge < -0.3 is 14.2 Å². The summed E-state index contributed by atoms with van der Waals surface area (Å²) in [6.07, 6.45) is 0.206. The van der Waals surface area contributed by atoms with Gasteiger partial charge in [0.05, 0.1) is 25.9 Å². The lowest BCUT2D eigenvalue weighted by molar-refractivity contribution is -0.146. The molecule has 22 heavy (non-hydrogen) atoms. The number of carbonyl (C=O) groups is 2. The van der Waals surface area contributed by atoms with E-state index in [1.165, 1.54) is 12.0 Å². The molecular formula is C16H21NO5. The zero-order valence-electron chi connectivity index (χ0n) is 12.9. The third-order valence-electron chi connectivity index (χ3n) is 3.57. The number of nitrogens with zero attached hydrogens (tertiary/aromatic N) is 1. The van der Waals surface area contributed by atoms with Gasteiger partial charge in [-0.2, -0.15) is 0 Å². The largest absolute Gasteiger partial charge is 0.459 e. The lowest BCUT2D eigenvalue weighted by Gasteiger charge is -2.25. The first kappa shape index (κ1) is 16.3. The van der Waals surface area contributed by atoms with Gasteiger partial charge in [0, 0.05) is 0 Å². The second-order valence-electron chi connectivity index (χ2n) is 5.28. The summed E-state index contributed by atoms with van der Waals surface area (Å²) in [4.78, 5) is 25.2. The minimum absolute atomic E-state index is 0.0671. The van der Waals surface area contributed by atoms with E-state index in [-0.39, 0.29) is 25.3 Å². The fourth-order valence-corrected chi connectivity index (χ4v) is 2.39. The second kappa shape index (κ2) is 7.79. The van der Waals surface area contributed by atoms with Crippen LogP contribution in [0.5, 0.6) is 0 Å². The molecule has 1 aromatic rings. The molecule has 1 fully saturated rings. The summed E-state index contributed by atoms with van der Waals surface area (Å²) < 4.78 is 15.4. The van der Waals surface area contributed by atoms with Crippen LogP contribution >= 0.6 is 0 Å². The molecule has 1 unspecified atom stereocenters. The van der Waals surface area contributed by atoms with Crippen molar-refractivity contribution in [3.8, 4) is 0 Å². The van der Waals surface area contributed by atoms with Crippen molar-refractivity contribution in [1.82, 2.24) is 4.90 Å². The molecule has 0 aliphatic carbocycles. The fourth-order valence-electron chi connectivity index (χ4n) is 2.39. The van der Waals surface area contributed by atoms with Crippen molar-refractivity contribution in [1.29, 1.82) is 0 Å². The number of benzene rings is 1. The number of ether oxygens (including phenoxy) is 3. The predicted molar refractivity (Wildman–Crippen MR) is 79.2 cm³/mol. The third kappa shape index (κ3) is 4.46. The number of methoxy groups -OCH3 is 1. The Kier molecular flexibility index (Phi) is 5.77. The Hall–Kier alpha value is -2.08. The van der Waals surface area contributed by atoms with Crippen LogP contribution in [0.15, 0.2) is 30.3 Å². The highest BCUT2D eigenvalue weighted by Gasteiger charge is 2.33. The Morgan fingerprint density at radius 1 is 1.32 bits per heavy atom. The molecule has 0 aromatic heterocycles. The normalized spacial score (nSPS) is 20.5. The van der Waals surface area contributed by atoms with Crippen LogP contribution in [0.4, 0.5) is 4.79 Å². The number of hydrogen-bond acceptors (Lipinski definition) is 5. The first-order valence-electron chi connectivity index (χ1n) is 7.26. The average Bonchev–Trinajstić information content (AvgIpc) is 2.97. The van der Waals surface area contributed by atoms with Gasteiger partial charge in [-0.1, -0.05) is 30.3 Å². The molecular weight excluding hydrogens is 286 g/mol. The molecule has 1 heterocycles. The van der Waals surface area contributed by atoms with E-state index in [9.17, 15) is 9.59 Å². The lowest BCUT2D eigenvalue weighted by atomic mass is 10.2. The highest BCUT2D eigenvalue weighted by molar-refractivity contribution is 5.78. The van der Waals surface area contributed by atoms with Gasteiger partial charge in [0.25, 0.3) is 0 Å². The van der Waals surface area contributed by atoms with Crippen LogP contribution in [0.2, 0.25) is 0 Å². The molecule has 1 aliphatic heterocycles. The van der Waals surface area contributed by atoms with Crippen LogP contribution in [0.25, 0.3) is 0 Å². The molecule has 1 amide bonds. The monoisotopic (exact) mass is 307 g/mol. The van der Waals surface area contributed by atoms with Gasteiger partial charge >= 0.3 is 12.1 Å². The Bertz CT molecular complexity index is 505. The maximum absolute atomic E-state index is 12.0. The summed E-state index contributed by atoms with van der Waals surface area (Å²) in [5.74, 6) is -0.464. The molecule has 0 saturated carbocycles. The van der Waals surface area contributed by atoms with E-state index in [1.807, 2.05) is 37.3 Å². The molecule has 2 rings (SSSR count). The standard InChI is InChI=1S/C16H21NO5/c1-12-8-14(11-21-12)17(16(19)20-2)9-15(18)22-10-13-6-4-3-5-7-13/h3-7,12,14H,8-11H2,1-2H3/t12?,14-/m0/s1. The molecule has 0 N–H and O–H groups in total. The van der Waals surface area contributed by atoms with Gasteiger partial charge in [-0.15, -0.1) is 0 Å². The molecule has 0 bridgehead atoms. The first-order chi connectivity index (χ1) is 10.6.